The van der Waals surface area contributed by atoms with Gasteiger partial charge in [0.15, 0.2) is 0 Å². The van der Waals surface area contributed by atoms with Crippen molar-refractivity contribution in [3.63, 3.8) is 0 Å². The average molecular weight is 219 g/mol. The molecule has 0 aliphatic rings. The lowest BCUT2D eigenvalue weighted by Gasteiger charge is -2.23. The van der Waals surface area contributed by atoms with Crippen LogP contribution in [0.25, 0.3) is 0 Å². The van der Waals surface area contributed by atoms with Crippen LogP contribution in [0, 0.1) is 0 Å². The van der Waals surface area contributed by atoms with Crippen molar-refractivity contribution in [1.29, 1.82) is 0 Å². The van der Waals surface area contributed by atoms with Gasteiger partial charge in [0.1, 0.15) is 12.4 Å². The van der Waals surface area contributed by atoms with E-state index in [-0.39, 0.29) is 5.41 Å². The molecule has 1 aromatic rings. The number of benzene rings is 1. The molecule has 0 aliphatic heterocycles. The monoisotopic (exact) mass is 219 g/mol. The predicted octanol–water partition coefficient (Wildman–Crippen LogP) is 3.01. The standard InChI is InChI=1S/C14H21NO/c1-5-8-16-13-7-6-11(10-15)9-12(13)14(2,3)4/h5-7,9H,1,8,10,15H2,2-4H3. The molecule has 0 saturated carbocycles. The highest BCUT2D eigenvalue weighted by Gasteiger charge is 2.19. The van der Waals surface area contributed by atoms with Gasteiger partial charge >= 0.3 is 0 Å². The van der Waals surface area contributed by atoms with Gasteiger partial charge in [0, 0.05) is 6.54 Å². The Morgan fingerprint density at radius 2 is 2.06 bits per heavy atom. The molecule has 0 saturated heterocycles. The fourth-order valence-corrected chi connectivity index (χ4v) is 1.56. The van der Waals surface area contributed by atoms with Crippen molar-refractivity contribution in [3.05, 3.63) is 42.0 Å². The molecule has 2 N–H and O–H groups in total. The van der Waals surface area contributed by atoms with E-state index in [2.05, 4.69) is 33.4 Å². The molecule has 0 aliphatic carbocycles. The lowest BCUT2D eigenvalue weighted by atomic mass is 9.85. The van der Waals surface area contributed by atoms with Gasteiger partial charge in [0.05, 0.1) is 0 Å². The van der Waals surface area contributed by atoms with Crippen molar-refractivity contribution in [2.24, 2.45) is 5.73 Å². The molecule has 1 rings (SSSR count). The third-order valence-electron chi connectivity index (χ3n) is 2.44. The largest absolute Gasteiger partial charge is 0.489 e. The summed E-state index contributed by atoms with van der Waals surface area (Å²) in [5.74, 6) is 0.921. The van der Waals surface area contributed by atoms with E-state index in [1.807, 2.05) is 12.1 Å². The third kappa shape index (κ3) is 3.11. The molecule has 88 valence electrons. The van der Waals surface area contributed by atoms with Crippen LogP contribution in [-0.4, -0.2) is 6.61 Å². The van der Waals surface area contributed by atoms with E-state index in [0.717, 1.165) is 11.3 Å². The van der Waals surface area contributed by atoms with Crippen LogP contribution in [0.4, 0.5) is 0 Å². The fraction of sp³-hybridized carbons (Fsp3) is 0.429. The van der Waals surface area contributed by atoms with Crippen LogP contribution in [0.2, 0.25) is 0 Å². The maximum absolute atomic E-state index is 5.66. The first kappa shape index (κ1) is 12.8. The second-order valence-corrected chi connectivity index (χ2v) is 4.88. The number of nitrogens with two attached hydrogens (primary N) is 1. The Labute approximate surface area is 98.1 Å². The van der Waals surface area contributed by atoms with Gasteiger partial charge in [-0.05, 0) is 22.6 Å². The molecule has 2 heteroatoms. The quantitative estimate of drug-likeness (QED) is 0.790. The van der Waals surface area contributed by atoms with Crippen molar-refractivity contribution in [3.8, 4) is 5.75 Å². The van der Waals surface area contributed by atoms with E-state index < -0.39 is 0 Å². The highest BCUT2D eigenvalue weighted by molar-refractivity contribution is 5.41. The first-order valence-corrected chi connectivity index (χ1v) is 5.56. The average Bonchev–Trinajstić information content (AvgIpc) is 2.25. The smallest absolute Gasteiger partial charge is 0.123 e. The van der Waals surface area contributed by atoms with E-state index in [1.54, 1.807) is 6.08 Å². The SMILES string of the molecule is C=CCOc1ccc(CN)cc1C(C)(C)C. The Hall–Kier alpha value is -1.28. The maximum atomic E-state index is 5.66. The summed E-state index contributed by atoms with van der Waals surface area (Å²) in [5, 5.41) is 0. The van der Waals surface area contributed by atoms with Gasteiger partial charge in [-0.15, -0.1) is 0 Å². The Bertz CT molecular complexity index is 363. The second kappa shape index (κ2) is 5.17. The lowest BCUT2D eigenvalue weighted by Crippen LogP contribution is -2.14. The molecule has 16 heavy (non-hydrogen) atoms. The molecule has 2 nitrogen and oxygen atoms in total. The molecule has 0 bridgehead atoms. The molecule has 0 aromatic heterocycles. The van der Waals surface area contributed by atoms with Crippen molar-refractivity contribution in [1.82, 2.24) is 0 Å². The van der Waals surface area contributed by atoms with Crippen LogP contribution in [0.15, 0.2) is 30.9 Å². The summed E-state index contributed by atoms with van der Waals surface area (Å²) >= 11 is 0. The highest BCUT2D eigenvalue weighted by Crippen LogP contribution is 2.32. The van der Waals surface area contributed by atoms with E-state index in [0.29, 0.717) is 13.2 Å². The fourth-order valence-electron chi connectivity index (χ4n) is 1.56. The van der Waals surface area contributed by atoms with Crippen LogP contribution >= 0.6 is 0 Å². The third-order valence-corrected chi connectivity index (χ3v) is 2.44. The molecular formula is C14H21NO. The summed E-state index contributed by atoms with van der Waals surface area (Å²) in [6, 6.07) is 6.12. The lowest BCUT2D eigenvalue weighted by molar-refractivity contribution is 0.351. The Balaban J connectivity index is 3.11. The summed E-state index contributed by atoms with van der Waals surface area (Å²) < 4.78 is 5.65. The van der Waals surface area contributed by atoms with E-state index >= 15 is 0 Å². The van der Waals surface area contributed by atoms with Crippen LogP contribution in [0.1, 0.15) is 31.9 Å². The molecular weight excluding hydrogens is 198 g/mol. The minimum atomic E-state index is 0.0572. The topological polar surface area (TPSA) is 35.2 Å². The van der Waals surface area contributed by atoms with Crippen molar-refractivity contribution in [2.75, 3.05) is 6.61 Å². The summed E-state index contributed by atoms with van der Waals surface area (Å²) in [6.07, 6.45) is 1.75. The summed E-state index contributed by atoms with van der Waals surface area (Å²) in [6.45, 7) is 11.3. The van der Waals surface area contributed by atoms with Crippen molar-refractivity contribution in [2.45, 2.75) is 32.7 Å². The molecule has 0 unspecified atom stereocenters. The number of rotatable bonds is 4. The number of hydrogen-bond donors (Lipinski definition) is 1. The molecule has 0 heterocycles. The first-order chi connectivity index (χ1) is 7.49. The zero-order chi connectivity index (χ0) is 12.2. The molecule has 0 amide bonds. The minimum absolute atomic E-state index is 0.0572. The van der Waals surface area contributed by atoms with E-state index in [4.69, 9.17) is 10.5 Å². The van der Waals surface area contributed by atoms with Gasteiger partial charge in [0.2, 0.25) is 0 Å². The summed E-state index contributed by atoms with van der Waals surface area (Å²) in [5.41, 5.74) is 8.04. The van der Waals surface area contributed by atoms with Gasteiger partial charge in [-0.1, -0.05) is 45.6 Å². The molecule has 0 radical (unpaired) electrons. The summed E-state index contributed by atoms with van der Waals surface area (Å²) in [7, 11) is 0. The van der Waals surface area contributed by atoms with Gasteiger partial charge in [0.25, 0.3) is 0 Å². The summed E-state index contributed by atoms with van der Waals surface area (Å²) in [4.78, 5) is 0. The second-order valence-electron chi connectivity index (χ2n) is 4.88. The zero-order valence-corrected chi connectivity index (χ0v) is 10.4. The van der Waals surface area contributed by atoms with Gasteiger partial charge in [-0.2, -0.15) is 0 Å². The number of hydrogen-bond acceptors (Lipinski definition) is 2. The van der Waals surface area contributed by atoms with Crippen LogP contribution in [-0.2, 0) is 12.0 Å². The maximum Gasteiger partial charge on any atom is 0.123 e. The van der Waals surface area contributed by atoms with Crippen LogP contribution < -0.4 is 10.5 Å². The van der Waals surface area contributed by atoms with Gasteiger partial charge in [-0.25, -0.2) is 0 Å². The van der Waals surface area contributed by atoms with Crippen LogP contribution in [0.3, 0.4) is 0 Å². The molecule has 0 spiro atoms. The van der Waals surface area contributed by atoms with Gasteiger partial charge < -0.3 is 10.5 Å². The zero-order valence-electron chi connectivity index (χ0n) is 10.4. The Morgan fingerprint density at radius 3 is 2.56 bits per heavy atom. The molecule has 0 fully saturated rings. The van der Waals surface area contributed by atoms with Crippen molar-refractivity contribution < 1.29 is 4.74 Å². The van der Waals surface area contributed by atoms with E-state index in [1.165, 1.54) is 5.56 Å². The molecule has 0 atom stereocenters. The normalized spacial score (nSPS) is 11.2. The van der Waals surface area contributed by atoms with Gasteiger partial charge in [-0.3, -0.25) is 0 Å². The van der Waals surface area contributed by atoms with Crippen LogP contribution in [0.5, 0.6) is 5.75 Å². The van der Waals surface area contributed by atoms with E-state index in [9.17, 15) is 0 Å². The molecule has 1 aromatic carbocycles. The van der Waals surface area contributed by atoms with Crippen molar-refractivity contribution >= 4 is 0 Å². The Morgan fingerprint density at radius 1 is 1.38 bits per heavy atom. The Kier molecular flexibility index (Phi) is 4.13. The predicted molar refractivity (Wildman–Crippen MR) is 68.7 cm³/mol. The number of ether oxygens (including phenoxy) is 1. The minimum Gasteiger partial charge on any atom is -0.489 e. The highest BCUT2D eigenvalue weighted by atomic mass is 16.5. The first-order valence-electron chi connectivity index (χ1n) is 5.56.